The molecule has 0 radical (unpaired) electrons. The first kappa shape index (κ1) is 11.3. The van der Waals surface area contributed by atoms with Crippen LogP contribution in [0.2, 0.25) is 0 Å². The Hall–Kier alpha value is -2.16. The minimum atomic E-state index is -0.497. The molecular formula is C14H12O3. The van der Waals surface area contributed by atoms with Gasteiger partial charge in [-0.3, -0.25) is 9.59 Å². The molecule has 0 spiro atoms. The number of allylic oxidation sites excluding steroid dienone is 1. The third-order valence-electron chi connectivity index (χ3n) is 2.65. The third-order valence-corrected chi connectivity index (χ3v) is 2.65. The first-order valence-electron chi connectivity index (χ1n) is 5.29. The molecule has 0 heterocycles. The van der Waals surface area contributed by atoms with Gasteiger partial charge >= 0.3 is 0 Å². The highest BCUT2D eigenvalue weighted by Crippen LogP contribution is 2.29. The highest BCUT2D eigenvalue weighted by atomic mass is 16.5. The van der Waals surface area contributed by atoms with Gasteiger partial charge in [-0.25, -0.2) is 0 Å². The van der Waals surface area contributed by atoms with Gasteiger partial charge < -0.3 is 4.74 Å². The van der Waals surface area contributed by atoms with Crippen molar-refractivity contribution in [2.45, 2.75) is 6.92 Å². The van der Waals surface area contributed by atoms with Crippen molar-refractivity contribution in [2.75, 3.05) is 6.61 Å². The third kappa shape index (κ3) is 1.80. The molecule has 0 bridgehead atoms. The molecule has 17 heavy (non-hydrogen) atoms. The Morgan fingerprint density at radius 1 is 1.18 bits per heavy atom. The largest absolute Gasteiger partial charge is 0.488 e. The smallest absolute Gasteiger partial charge is 0.234 e. The van der Waals surface area contributed by atoms with E-state index in [2.05, 4.69) is 6.58 Å². The quantitative estimate of drug-likeness (QED) is 0.589. The lowest BCUT2D eigenvalue weighted by Gasteiger charge is -2.19. The van der Waals surface area contributed by atoms with Crippen LogP contribution in [0.5, 0.6) is 0 Å². The molecule has 0 aromatic heterocycles. The average molecular weight is 228 g/mol. The van der Waals surface area contributed by atoms with E-state index in [1.54, 1.807) is 31.2 Å². The maximum absolute atomic E-state index is 11.8. The minimum Gasteiger partial charge on any atom is -0.488 e. The molecular weight excluding hydrogens is 216 g/mol. The molecule has 1 aromatic carbocycles. The second kappa shape index (κ2) is 4.37. The lowest BCUT2D eigenvalue weighted by atomic mass is 9.89. The summed E-state index contributed by atoms with van der Waals surface area (Å²) in [6.45, 7) is 5.47. The number of benzene rings is 1. The Balaban J connectivity index is 2.58. The van der Waals surface area contributed by atoms with E-state index >= 15 is 0 Å². The summed E-state index contributed by atoms with van der Waals surface area (Å²) in [4.78, 5) is 23.5. The average Bonchev–Trinajstić information content (AvgIpc) is 2.36. The van der Waals surface area contributed by atoms with E-state index in [1.807, 2.05) is 6.07 Å². The second-order valence-corrected chi connectivity index (χ2v) is 3.76. The molecule has 1 aromatic rings. The van der Waals surface area contributed by atoms with Gasteiger partial charge in [0, 0.05) is 16.7 Å². The number of carbonyl (C=O) groups excluding carboxylic acids is 2. The fourth-order valence-corrected chi connectivity index (χ4v) is 1.81. The number of ether oxygens (including phenoxy) is 1. The van der Waals surface area contributed by atoms with Crippen molar-refractivity contribution in [3.8, 4) is 0 Å². The molecule has 0 N–H and O–H groups in total. The number of fused-ring (bicyclic) bond motifs is 1. The molecule has 1 aliphatic rings. The SMILES string of the molecule is C=CCOC1=C(C)C(=O)C(=O)c2ccccc21. The van der Waals surface area contributed by atoms with Crippen molar-refractivity contribution in [2.24, 2.45) is 0 Å². The van der Waals surface area contributed by atoms with Gasteiger partial charge in [-0.15, -0.1) is 0 Å². The van der Waals surface area contributed by atoms with E-state index in [0.29, 0.717) is 29.1 Å². The first-order chi connectivity index (χ1) is 8.16. The van der Waals surface area contributed by atoms with Crippen LogP contribution in [0.3, 0.4) is 0 Å². The number of hydrogen-bond donors (Lipinski definition) is 0. The van der Waals surface area contributed by atoms with Crippen LogP contribution in [0, 0.1) is 0 Å². The van der Waals surface area contributed by atoms with E-state index in [4.69, 9.17) is 4.74 Å². The second-order valence-electron chi connectivity index (χ2n) is 3.76. The van der Waals surface area contributed by atoms with Gasteiger partial charge in [-0.05, 0) is 6.92 Å². The Labute approximate surface area is 99.4 Å². The summed E-state index contributed by atoms with van der Waals surface area (Å²) in [5.41, 5.74) is 1.44. The molecule has 0 saturated heterocycles. The summed E-state index contributed by atoms with van der Waals surface area (Å²) in [6.07, 6.45) is 1.60. The van der Waals surface area contributed by atoms with Crippen molar-refractivity contribution in [3.05, 3.63) is 53.6 Å². The van der Waals surface area contributed by atoms with Gasteiger partial charge in [-0.1, -0.05) is 36.9 Å². The zero-order valence-corrected chi connectivity index (χ0v) is 9.53. The standard InChI is InChI=1S/C14H12O3/c1-3-8-17-14-9(2)12(15)13(16)10-6-4-5-7-11(10)14/h3-7H,1,8H2,2H3. The highest BCUT2D eigenvalue weighted by molar-refractivity contribution is 6.52. The van der Waals surface area contributed by atoms with E-state index in [9.17, 15) is 9.59 Å². The molecule has 2 rings (SSSR count). The van der Waals surface area contributed by atoms with Gasteiger partial charge in [0.05, 0.1) is 0 Å². The molecule has 86 valence electrons. The number of Topliss-reactive ketones (excluding diaryl/α,β-unsaturated/α-hetero) is 2. The molecule has 0 amide bonds. The summed E-state index contributed by atoms with van der Waals surface area (Å²) < 4.78 is 5.48. The van der Waals surface area contributed by atoms with Crippen LogP contribution < -0.4 is 0 Å². The molecule has 0 atom stereocenters. The Morgan fingerprint density at radius 2 is 1.82 bits per heavy atom. The summed E-state index contributed by atoms with van der Waals surface area (Å²) in [5, 5.41) is 0. The summed E-state index contributed by atoms with van der Waals surface area (Å²) >= 11 is 0. The fraction of sp³-hybridized carbons (Fsp3) is 0.143. The van der Waals surface area contributed by atoms with Gasteiger partial charge in [0.1, 0.15) is 12.4 Å². The van der Waals surface area contributed by atoms with Crippen LogP contribution in [-0.2, 0) is 9.53 Å². The topological polar surface area (TPSA) is 43.4 Å². The van der Waals surface area contributed by atoms with Crippen LogP contribution in [0.25, 0.3) is 5.76 Å². The molecule has 0 unspecified atom stereocenters. The van der Waals surface area contributed by atoms with E-state index < -0.39 is 11.6 Å². The van der Waals surface area contributed by atoms with Crippen molar-refractivity contribution < 1.29 is 14.3 Å². The van der Waals surface area contributed by atoms with Gasteiger partial charge in [0.25, 0.3) is 0 Å². The lowest BCUT2D eigenvalue weighted by Crippen LogP contribution is -2.23. The monoisotopic (exact) mass is 228 g/mol. The van der Waals surface area contributed by atoms with E-state index in [-0.39, 0.29) is 0 Å². The summed E-state index contributed by atoms with van der Waals surface area (Å²) in [5.74, 6) is -0.489. The van der Waals surface area contributed by atoms with Crippen LogP contribution in [0.15, 0.2) is 42.5 Å². The van der Waals surface area contributed by atoms with Crippen LogP contribution >= 0.6 is 0 Å². The van der Waals surface area contributed by atoms with Gasteiger partial charge in [0.2, 0.25) is 11.6 Å². The predicted octanol–water partition coefficient (Wildman–Crippen LogP) is 2.39. The molecule has 3 nitrogen and oxygen atoms in total. The van der Waals surface area contributed by atoms with Crippen molar-refractivity contribution in [3.63, 3.8) is 0 Å². The van der Waals surface area contributed by atoms with Crippen molar-refractivity contribution in [1.82, 2.24) is 0 Å². The van der Waals surface area contributed by atoms with E-state index in [1.165, 1.54) is 0 Å². The maximum atomic E-state index is 11.8. The lowest BCUT2D eigenvalue weighted by molar-refractivity contribution is -0.111. The number of ketones is 2. The van der Waals surface area contributed by atoms with Crippen molar-refractivity contribution >= 4 is 17.3 Å². The molecule has 0 aliphatic heterocycles. The van der Waals surface area contributed by atoms with E-state index in [0.717, 1.165) is 0 Å². The fourth-order valence-electron chi connectivity index (χ4n) is 1.81. The Morgan fingerprint density at radius 3 is 2.47 bits per heavy atom. The maximum Gasteiger partial charge on any atom is 0.234 e. The molecule has 1 aliphatic carbocycles. The van der Waals surface area contributed by atoms with Crippen LogP contribution in [0.1, 0.15) is 22.8 Å². The van der Waals surface area contributed by atoms with Crippen LogP contribution in [0.4, 0.5) is 0 Å². The summed E-state index contributed by atoms with van der Waals surface area (Å²) in [7, 11) is 0. The minimum absolute atomic E-state index is 0.308. The number of carbonyl (C=O) groups is 2. The van der Waals surface area contributed by atoms with Gasteiger partial charge in [0.15, 0.2) is 0 Å². The zero-order valence-electron chi connectivity index (χ0n) is 9.53. The van der Waals surface area contributed by atoms with Crippen LogP contribution in [-0.4, -0.2) is 18.2 Å². The Kier molecular flexibility index (Phi) is 2.91. The first-order valence-corrected chi connectivity index (χ1v) is 5.29. The zero-order chi connectivity index (χ0) is 12.4. The normalized spacial score (nSPS) is 14.6. The predicted molar refractivity (Wildman–Crippen MR) is 64.5 cm³/mol. The van der Waals surface area contributed by atoms with Crippen molar-refractivity contribution in [1.29, 1.82) is 0 Å². The number of hydrogen-bond acceptors (Lipinski definition) is 3. The highest BCUT2D eigenvalue weighted by Gasteiger charge is 2.30. The summed E-state index contributed by atoms with van der Waals surface area (Å²) in [6, 6.07) is 6.96. The molecule has 0 fully saturated rings. The molecule has 0 saturated carbocycles. The molecule has 3 heteroatoms. The van der Waals surface area contributed by atoms with Gasteiger partial charge in [-0.2, -0.15) is 0 Å². The number of rotatable bonds is 3. The Bertz CT molecular complexity index is 538.